The van der Waals surface area contributed by atoms with Crippen molar-refractivity contribution in [1.82, 2.24) is 10.2 Å². The number of rotatable bonds is 5. The maximum Gasteiger partial charge on any atom is 0.237 e. The molecule has 0 saturated carbocycles. The van der Waals surface area contributed by atoms with Crippen LogP contribution in [-0.2, 0) is 11.3 Å². The van der Waals surface area contributed by atoms with Crippen LogP contribution in [0.2, 0.25) is 0 Å². The zero-order valence-corrected chi connectivity index (χ0v) is 11.2. The molecule has 1 atom stereocenters. The number of terminal acetylenes is 1. The fraction of sp³-hybridized carbons (Fsp3) is 0.400. The molecule has 0 bridgehead atoms. The number of hydrogen-bond acceptors (Lipinski definition) is 2. The minimum absolute atomic E-state index is 0.0393. The Bertz CT molecular complexity index is 431. The highest BCUT2D eigenvalue weighted by Gasteiger charge is 2.17. The minimum atomic E-state index is -0.195. The predicted molar refractivity (Wildman–Crippen MR) is 74.0 cm³/mol. The van der Waals surface area contributed by atoms with E-state index in [-0.39, 0.29) is 18.5 Å². The molecule has 0 aliphatic rings. The van der Waals surface area contributed by atoms with Gasteiger partial charge in [-0.2, -0.15) is 0 Å². The number of nitrogens with zero attached hydrogens (tertiary/aromatic N) is 1. The van der Waals surface area contributed by atoms with Crippen molar-refractivity contribution in [2.24, 2.45) is 0 Å². The molecule has 3 heteroatoms. The van der Waals surface area contributed by atoms with Gasteiger partial charge >= 0.3 is 0 Å². The molecule has 0 aromatic heterocycles. The van der Waals surface area contributed by atoms with Crippen molar-refractivity contribution in [2.45, 2.75) is 26.4 Å². The molecule has 0 aliphatic carbocycles. The van der Waals surface area contributed by atoms with Gasteiger partial charge in [0.05, 0.1) is 12.6 Å². The Morgan fingerprint density at radius 2 is 2.06 bits per heavy atom. The molecule has 0 spiro atoms. The molecular formula is C15H20N2O. The lowest BCUT2D eigenvalue weighted by atomic mass is 10.1. The van der Waals surface area contributed by atoms with Crippen LogP contribution in [-0.4, -0.2) is 30.4 Å². The zero-order valence-electron chi connectivity index (χ0n) is 11.2. The van der Waals surface area contributed by atoms with Crippen molar-refractivity contribution >= 4 is 5.91 Å². The second-order valence-electron chi connectivity index (χ2n) is 4.50. The lowest BCUT2D eigenvalue weighted by molar-refractivity contribution is -0.125. The van der Waals surface area contributed by atoms with Crippen molar-refractivity contribution in [2.75, 3.05) is 13.6 Å². The lowest BCUT2D eigenvalue weighted by Crippen LogP contribution is -2.42. The van der Waals surface area contributed by atoms with Gasteiger partial charge in [-0.3, -0.25) is 9.69 Å². The van der Waals surface area contributed by atoms with Gasteiger partial charge in [0.15, 0.2) is 0 Å². The van der Waals surface area contributed by atoms with E-state index in [4.69, 9.17) is 6.42 Å². The number of benzene rings is 1. The molecule has 0 heterocycles. The van der Waals surface area contributed by atoms with E-state index in [0.717, 1.165) is 6.54 Å². The summed E-state index contributed by atoms with van der Waals surface area (Å²) < 4.78 is 0. The monoisotopic (exact) mass is 244 g/mol. The molecule has 0 fully saturated rings. The number of carbonyl (C=O) groups excluding carboxylic acids is 1. The van der Waals surface area contributed by atoms with Crippen LogP contribution in [0.4, 0.5) is 0 Å². The van der Waals surface area contributed by atoms with Crippen molar-refractivity contribution in [3.8, 4) is 12.3 Å². The van der Waals surface area contributed by atoms with E-state index in [2.05, 4.69) is 42.4 Å². The summed E-state index contributed by atoms with van der Waals surface area (Å²) in [6, 6.07) is 8.12. The highest BCUT2D eigenvalue weighted by molar-refractivity contribution is 5.81. The average Bonchev–Trinajstić information content (AvgIpc) is 2.37. The highest BCUT2D eigenvalue weighted by Crippen LogP contribution is 2.08. The molecule has 96 valence electrons. The first-order valence-corrected chi connectivity index (χ1v) is 6.01. The van der Waals surface area contributed by atoms with Crippen LogP contribution in [0.25, 0.3) is 0 Å². The van der Waals surface area contributed by atoms with Crippen LogP contribution in [0.15, 0.2) is 24.3 Å². The van der Waals surface area contributed by atoms with E-state index in [1.807, 2.05) is 18.9 Å². The molecule has 1 N–H and O–H groups in total. The molecule has 0 radical (unpaired) electrons. The predicted octanol–water partition coefficient (Wildman–Crippen LogP) is 1.56. The Balaban J connectivity index is 2.54. The fourth-order valence-corrected chi connectivity index (χ4v) is 1.60. The quantitative estimate of drug-likeness (QED) is 0.797. The summed E-state index contributed by atoms with van der Waals surface area (Å²) in [7, 11) is 1.93. The summed E-state index contributed by atoms with van der Waals surface area (Å²) in [5.74, 6) is 2.36. The van der Waals surface area contributed by atoms with Crippen molar-refractivity contribution in [1.29, 1.82) is 0 Å². The largest absolute Gasteiger partial charge is 0.344 e. The maximum absolute atomic E-state index is 11.7. The van der Waals surface area contributed by atoms with Gasteiger partial charge in [-0.05, 0) is 26.5 Å². The second kappa shape index (κ2) is 6.83. The second-order valence-corrected chi connectivity index (χ2v) is 4.50. The fourth-order valence-electron chi connectivity index (χ4n) is 1.60. The van der Waals surface area contributed by atoms with E-state index >= 15 is 0 Å². The first-order chi connectivity index (χ1) is 8.54. The molecule has 1 amide bonds. The Morgan fingerprint density at radius 1 is 1.44 bits per heavy atom. The standard InChI is InChI=1S/C15H20N2O/c1-5-10-16-15(18)13(3)17(4)11-14-8-6-12(2)7-9-14/h1,6-9,13H,10-11H2,2-4H3,(H,16,18). The normalized spacial score (nSPS) is 11.9. The highest BCUT2D eigenvalue weighted by atomic mass is 16.2. The van der Waals surface area contributed by atoms with Crippen LogP contribution >= 0.6 is 0 Å². The number of nitrogens with one attached hydrogen (secondary N) is 1. The maximum atomic E-state index is 11.7. The van der Waals surface area contributed by atoms with Crippen LogP contribution in [0.5, 0.6) is 0 Å². The third-order valence-corrected chi connectivity index (χ3v) is 2.96. The van der Waals surface area contributed by atoms with Crippen LogP contribution in [0, 0.1) is 19.3 Å². The van der Waals surface area contributed by atoms with E-state index in [0.29, 0.717) is 0 Å². The SMILES string of the molecule is C#CCNC(=O)C(C)N(C)Cc1ccc(C)cc1. The summed E-state index contributed by atoms with van der Waals surface area (Å²) in [6.45, 7) is 4.95. The first kappa shape index (κ1) is 14.3. The van der Waals surface area contributed by atoms with Crippen LogP contribution in [0.1, 0.15) is 18.1 Å². The Hall–Kier alpha value is -1.79. The number of aryl methyl sites for hydroxylation is 1. The van der Waals surface area contributed by atoms with Crippen LogP contribution < -0.4 is 5.32 Å². The van der Waals surface area contributed by atoms with E-state index in [1.54, 1.807) is 0 Å². The molecule has 18 heavy (non-hydrogen) atoms. The van der Waals surface area contributed by atoms with Gasteiger partial charge in [0.2, 0.25) is 5.91 Å². The van der Waals surface area contributed by atoms with Crippen molar-refractivity contribution in [3.63, 3.8) is 0 Å². The Kier molecular flexibility index (Phi) is 5.41. The van der Waals surface area contributed by atoms with Gasteiger partial charge in [0.1, 0.15) is 0 Å². The number of likely N-dealkylation sites (N-methyl/N-ethyl adjacent to an activating group) is 1. The van der Waals surface area contributed by atoms with Crippen molar-refractivity contribution in [3.05, 3.63) is 35.4 Å². The smallest absolute Gasteiger partial charge is 0.237 e. The summed E-state index contributed by atoms with van der Waals surface area (Å²) in [5.41, 5.74) is 2.43. The first-order valence-electron chi connectivity index (χ1n) is 6.01. The average molecular weight is 244 g/mol. The molecule has 1 unspecified atom stereocenters. The zero-order chi connectivity index (χ0) is 13.5. The molecule has 1 aromatic carbocycles. The lowest BCUT2D eigenvalue weighted by Gasteiger charge is -2.23. The van der Waals surface area contributed by atoms with E-state index in [1.165, 1.54) is 11.1 Å². The third-order valence-electron chi connectivity index (χ3n) is 2.96. The van der Waals surface area contributed by atoms with Gasteiger partial charge in [-0.1, -0.05) is 35.7 Å². The van der Waals surface area contributed by atoms with Gasteiger partial charge in [0, 0.05) is 6.54 Å². The summed E-state index contributed by atoms with van der Waals surface area (Å²) in [4.78, 5) is 13.7. The minimum Gasteiger partial charge on any atom is -0.344 e. The molecule has 1 rings (SSSR count). The van der Waals surface area contributed by atoms with Gasteiger partial charge in [-0.25, -0.2) is 0 Å². The molecule has 1 aromatic rings. The van der Waals surface area contributed by atoms with Crippen LogP contribution in [0.3, 0.4) is 0 Å². The summed E-state index contributed by atoms with van der Waals surface area (Å²) in [6.07, 6.45) is 5.11. The Labute approximate surface area is 109 Å². The third kappa shape index (κ3) is 4.23. The van der Waals surface area contributed by atoms with Gasteiger partial charge in [-0.15, -0.1) is 6.42 Å². The molecule has 3 nitrogen and oxygen atoms in total. The summed E-state index contributed by atoms with van der Waals surface area (Å²) >= 11 is 0. The summed E-state index contributed by atoms with van der Waals surface area (Å²) in [5, 5.41) is 2.69. The van der Waals surface area contributed by atoms with E-state index < -0.39 is 0 Å². The van der Waals surface area contributed by atoms with Crippen molar-refractivity contribution < 1.29 is 4.79 Å². The molecular weight excluding hydrogens is 224 g/mol. The topological polar surface area (TPSA) is 32.3 Å². The molecule has 0 aliphatic heterocycles. The number of amides is 1. The van der Waals surface area contributed by atoms with Gasteiger partial charge < -0.3 is 5.32 Å². The Morgan fingerprint density at radius 3 is 2.61 bits per heavy atom. The number of carbonyl (C=O) groups is 1. The number of hydrogen-bond donors (Lipinski definition) is 1. The molecule has 0 saturated heterocycles. The van der Waals surface area contributed by atoms with Gasteiger partial charge in [0.25, 0.3) is 0 Å². The van der Waals surface area contributed by atoms with E-state index in [9.17, 15) is 4.79 Å².